The van der Waals surface area contributed by atoms with Gasteiger partial charge < -0.3 is 9.47 Å². The van der Waals surface area contributed by atoms with Crippen molar-refractivity contribution >= 4 is 17.6 Å². The zero-order valence-corrected chi connectivity index (χ0v) is 14.2. The third-order valence-electron chi connectivity index (χ3n) is 4.18. The van der Waals surface area contributed by atoms with E-state index in [0.717, 1.165) is 16.7 Å². The van der Waals surface area contributed by atoms with Gasteiger partial charge in [-0.05, 0) is 35.8 Å². The van der Waals surface area contributed by atoms with Crippen LogP contribution in [0.4, 0.5) is 4.79 Å². The highest BCUT2D eigenvalue weighted by Gasteiger charge is 2.28. The van der Waals surface area contributed by atoms with E-state index in [2.05, 4.69) is 0 Å². The minimum atomic E-state index is -0.377. The molecule has 0 aromatic heterocycles. The lowest BCUT2D eigenvalue weighted by Crippen LogP contribution is -2.23. The number of ether oxygens (including phenoxy) is 2. The number of hydrogen-bond donors (Lipinski definition) is 0. The van der Waals surface area contributed by atoms with Gasteiger partial charge in [0.15, 0.2) is 0 Å². The Morgan fingerprint density at radius 1 is 1.08 bits per heavy atom. The van der Waals surface area contributed by atoms with Crippen LogP contribution in [0.25, 0.3) is 5.57 Å². The van der Waals surface area contributed by atoms with Crippen LogP contribution in [0.15, 0.2) is 60.4 Å². The Labute approximate surface area is 146 Å². The van der Waals surface area contributed by atoms with Crippen LogP contribution in [-0.2, 0) is 16.0 Å². The molecule has 0 unspecified atom stereocenters. The summed E-state index contributed by atoms with van der Waals surface area (Å²) in [6.45, 7) is 2.85. The fourth-order valence-corrected chi connectivity index (χ4v) is 2.69. The molecule has 5 nitrogen and oxygen atoms in total. The van der Waals surface area contributed by atoms with E-state index in [0.29, 0.717) is 24.4 Å². The molecule has 0 saturated carbocycles. The Morgan fingerprint density at radius 2 is 1.72 bits per heavy atom. The van der Waals surface area contributed by atoms with Gasteiger partial charge in [0.05, 0.1) is 19.2 Å². The minimum Gasteiger partial charge on any atom is -0.465 e. The van der Waals surface area contributed by atoms with Crippen molar-refractivity contribution in [3.63, 3.8) is 0 Å². The maximum atomic E-state index is 12.1. The SMILES string of the molecule is COC(=O)c1ccc(/C(C)=C2\CN(Cc3ccccc3)C(=O)O2)cc1. The number of carbonyl (C=O) groups is 2. The highest BCUT2D eigenvalue weighted by molar-refractivity contribution is 5.89. The van der Waals surface area contributed by atoms with Crippen molar-refractivity contribution in [3.8, 4) is 0 Å². The molecule has 1 heterocycles. The van der Waals surface area contributed by atoms with E-state index in [1.165, 1.54) is 7.11 Å². The summed E-state index contributed by atoms with van der Waals surface area (Å²) in [5.74, 6) is 0.255. The molecule has 128 valence electrons. The van der Waals surface area contributed by atoms with Crippen LogP contribution in [-0.4, -0.2) is 30.6 Å². The Bertz CT molecular complexity index is 809. The number of esters is 1. The lowest BCUT2D eigenvalue weighted by atomic mass is 10.0. The first-order chi connectivity index (χ1) is 12.1. The lowest BCUT2D eigenvalue weighted by Gasteiger charge is -2.11. The number of carbonyl (C=O) groups excluding carboxylic acids is 2. The molecule has 0 aliphatic carbocycles. The third kappa shape index (κ3) is 3.71. The number of rotatable bonds is 4. The van der Waals surface area contributed by atoms with Crippen molar-refractivity contribution in [3.05, 3.63) is 77.0 Å². The van der Waals surface area contributed by atoms with E-state index in [1.54, 1.807) is 17.0 Å². The van der Waals surface area contributed by atoms with Crippen LogP contribution in [0.2, 0.25) is 0 Å². The minimum absolute atomic E-state index is 0.343. The van der Waals surface area contributed by atoms with E-state index in [4.69, 9.17) is 9.47 Å². The highest BCUT2D eigenvalue weighted by Crippen LogP contribution is 2.26. The Kier molecular flexibility index (Phi) is 4.84. The van der Waals surface area contributed by atoms with Crippen LogP contribution in [0.5, 0.6) is 0 Å². The van der Waals surface area contributed by atoms with Gasteiger partial charge in [0, 0.05) is 6.54 Å². The Morgan fingerprint density at radius 3 is 2.36 bits per heavy atom. The predicted molar refractivity (Wildman–Crippen MR) is 93.7 cm³/mol. The number of nitrogens with zero attached hydrogens (tertiary/aromatic N) is 1. The van der Waals surface area contributed by atoms with Crippen LogP contribution in [0, 0.1) is 0 Å². The highest BCUT2D eigenvalue weighted by atomic mass is 16.6. The van der Waals surface area contributed by atoms with Gasteiger partial charge in [-0.1, -0.05) is 42.5 Å². The second-order valence-corrected chi connectivity index (χ2v) is 5.83. The molecule has 5 heteroatoms. The van der Waals surface area contributed by atoms with Crippen molar-refractivity contribution in [2.24, 2.45) is 0 Å². The fraction of sp³-hybridized carbons (Fsp3) is 0.200. The normalized spacial score (nSPS) is 15.8. The lowest BCUT2D eigenvalue weighted by molar-refractivity contribution is 0.0600. The molecule has 0 spiro atoms. The molecule has 1 aliphatic heterocycles. The molecular weight excluding hydrogens is 318 g/mol. The van der Waals surface area contributed by atoms with E-state index in [1.807, 2.05) is 49.4 Å². The van der Waals surface area contributed by atoms with Crippen LogP contribution in [0.3, 0.4) is 0 Å². The molecule has 2 aromatic rings. The maximum Gasteiger partial charge on any atom is 0.415 e. The van der Waals surface area contributed by atoms with Gasteiger partial charge in [-0.3, -0.25) is 4.90 Å². The quantitative estimate of drug-likeness (QED) is 0.795. The van der Waals surface area contributed by atoms with E-state index in [-0.39, 0.29) is 12.1 Å². The standard InChI is InChI=1S/C20H19NO4/c1-14(16-8-10-17(11-9-16)19(22)24-2)18-13-21(20(23)25-18)12-15-6-4-3-5-7-15/h3-11H,12-13H2,1-2H3/b18-14+. The molecule has 1 saturated heterocycles. The second kappa shape index (κ2) is 7.21. The van der Waals surface area contributed by atoms with Gasteiger partial charge >= 0.3 is 12.1 Å². The van der Waals surface area contributed by atoms with Crippen molar-refractivity contribution < 1.29 is 19.1 Å². The van der Waals surface area contributed by atoms with Crippen molar-refractivity contribution in [1.29, 1.82) is 0 Å². The smallest absolute Gasteiger partial charge is 0.415 e. The average molecular weight is 337 g/mol. The molecule has 0 radical (unpaired) electrons. The zero-order valence-electron chi connectivity index (χ0n) is 14.2. The van der Waals surface area contributed by atoms with Gasteiger partial charge in [-0.15, -0.1) is 0 Å². The number of cyclic esters (lactones) is 1. The number of allylic oxidation sites excluding steroid dienone is 1. The van der Waals surface area contributed by atoms with Gasteiger partial charge in [-0.2, -0.15) is 0 Å². The number of hydrogen-bond acceptors (Lipinski definition) is 4. The van der Waals surface area contributed by atoms with Crippen LogP contribution < -0.4 is 0 Å². The first-order valence-electron chi connectivity index (χ1n) is 7.97. The van der Waals surface area contributed by atoms with E-state index >= 15 is 0 Å². The monoisotopic (exact) mass is 337 g/mol. The molecule has 0 atom stereocenters. The second-order valence-electron chi connectivity index (χ2n) is 5.83. The van der Waals surface area contributed by atoms with Crippen LogP contribution in [0.1, 0.15) is 28.4 Å². The maximum absolute atomic E-state index is 12.1. The molecule has 2 aromatic carbocycles. The molecule has 1 aliphatic rings. The molecular formula is C20H19NO4. The van der Waals surface area contributed by atoms with Crippen molar-refractivity contribution in [2.45, 2.75) is 13.5 Å². The molecule has 0 N–H and O–H groups in total. The fourth-order valence-electron chi connectivity index (χ4n) is 2.69. The predicted octanol–water partition coefficient (Wildman–Crippen LogP) is 3.86. The van der Waals surface area contributed by atoms with Gasteiger partial charge in [0.1, 0.15) is 5.76 Å². The Hall–Kier alpha value is -3.08. The van der Waals surface area contributed by atoms with Gasteiger partial charge in [0.2, 0.25) is 0 Å². The molecule has 1 fully saturated rings. The summed E-state index contributed by atoms with van der Waals surface area (Å²) in [7, 11) is 1.35. The zero-order chi connectivity index (χ0) is 17.8. The molecule has 1 amide bonds. The third-order valence-corrected chi connectivity index (χ3v) is 4.18. The van der Waals surface area contributed by atoms with Gasteiger partial charge in [0.25, 0.3) is 0 Å². The summed E-state index contributed by atoms with van der Waals surface area (Å²) < 4.78 is 10.1. The van der Waals surface area contributed by atoms with Crippen molar-refractivity contribution in [1.82, 2.24) is 4.90 Å². The first-order valence-corrected chi connectivity index (χ1v) is 7.97. The Balaban J connectivity index is 1.76. The summed E-state index contributed by atoms with van der Waals surface area (Å²) >= 11 is 0. The van der Waals surface area contributed by atoms with Crippen LogP contribution >= 0.6 is 0 Å². The largest absolute Gasteiger partial charge is 0.465 e. The molecule has 0 bridgehead atoms. The summed E-state index contributed by atoms with van der Waals surface area (Å²) in [5, 5.41) is 0. The summed E-state index contributed by atoms with van der Waals surface area (Å²) in [4.78, 5) is 25.3. The van der Waals surface area contributed by atoms with E-state index in [9.17, 15) is 9.59 Å². The van der Waals surface area contributed by atoms with Crippen molar-refractivity contribution in [2.75, 3.05) is 13.7 Å². The molecule has 25 heavy (non-hydrogen) atoms. The topological polar surface area (TPSA) is 55.8 Å². The average Bonchev–Trinajstić information content (AvgIpc) is 3.02. The summed E-state index contributed by atoms with van der Waals surface area (Å²) in [6, 6.07) is 16.8. The summed E-state index contributed by atoms with van der Waals surface area (Å²) in [6.07, 6.45) is -0.343. The van der Waals surface area contributed by atoms with Gasteiger partial charge in [-0.25, -0.2) is 9.59 Å². The number of benzene rings is 2. The molecule has 3 rings (SSSR count). The first kappa shape index (κ1) is 16.8. The number of methoxy groups -OCH3 is 1. The van der Waals surface area contributed by atoms with E-state index < -0.39 is 0 Å². The number of amides is 1. The summed E-state index contributed by atoms with van der Waals surface area (Å²) in [5.41, 5.74) is 3.32.